The molecule has 0 radical (unpaired) electrons. The van der Waals surface area contributed by atoms with E-state index in [0.29, 0.717) is 5.75 Å². The number of hydrogen-bond donors (Lipinski definition) is 1. The zero-order chi connectivity index (χ0) is 15.5. The van der Waals surface area contributed by atoms with Crippen LogP contribution in [0.15, 0.2) is 53.4 Å². The molecule has 0 aliphatic rings. The molecule has 0 aromatic heterocycles. The van der Waals surface area contributed by atoms with E-state index in [2.05, 4.69) is 4.72 Å². The average Bonchev–Trinajstić information content (AvgIpc) is 2.47. The van der Waals surface area contributed by atoms with Crippen LogP contribution in [0.5, 0.6) is 5.75 Å². The number of hydrogen-bond acceptors (Lipinski definition) is 3. The summed E-state index contributed by atoms with van der Waals surface area (Å²) in [5, 5.41) is 0. The first-order valence-corrected chi connectivity index (χ1v) is 8.14. The van der Waals surface area contributed by atoms with Crippen molar-refractivity contribution in [1.29, 1.82) is 0 Å². The molecule has 0 heterocycles. The summed E-state index contributed by atoms with van der Waals surface area (Å²) in [5.74, 6) is 0.664. The molecule has 0 saturated carbocycles. The molecular weight excluding hydrogens is 286 g/mol. The van der Waals surface area contributed by atoms with Crippen LogP contribution in [0.25, 0.3) is 0 Å². The lowest BCUT2D eigenvalue weighted by Gasteiger charge is -2.17. The molecule has 0 saturated heterocycles. The van der Waals surface area contributed by atoms with Gasteiger partial charge < -0.3 is 4.74 Å². The van der Waals surface area contributed by atoms with Gasteiger partial charge in [-0.05, 0) is 32.0 Å². The molecule has 5 heteroatoms. The molecule has 112 valence electrons. The van der Waals surface area contributed by atoms with Crippen LogP contribution in [-0.2, 0) is 10.0 Å². The third kappa shape index (κ3) is 3.62. The quantitative estimate of drug-likeness (QED) is 0.923. The lowest BCUT2D eigenvalue weighted by Crippen LogP contribution is -2.27. The molecule has 0 amide bonds. The Morgan fingerprint density at radius 1 is 1.05 bits per heavy atom. The summed E-state index contributed by atoms with van der Waals surface area (Å²) in [6, 6.07) is 13.8. The third-order valence-corrected chi connectivity index (χ3v) is 4.83. The lowest BCUT2D eigenvalue weighted by atomic mass is 10.1. The van der Waals surface area contributed by atoms with Gasteiger partial charge in [-0.2, -0.15) is 0 Å². The Morgan fingerprint density at radius 3 is 2.29 bits per heavy atom. The second-order valence-corrected chi connectivity index (χ2v) is 6.61. The molecule has 2 aromatic carbocycles. The first kappa shape index (κ1) is 15.5. The van der Waals surface area contributed by atoms with E-state index in [9.17, 15) is 8.42 Å². The smallest absolute Gasteiger partial charge is 0.241 e. The van der Waals surface area contributed by atoms with E-state index in [4.69, 9.17) is 4.74 Å². The molecule has 0 fully saturated rings. The highest BCUT2D eigenvalue weighted by molar-refractivity contribution is 7.89. The Kier molecular flexibility index (Phi) is 4.65. The van der Waals surface area contributed by atoms with Gasteiger partial charge in [0.05, 0.1) is 12.0 Å². The second-order valence-electron chi connectivity index (χ2n) is 4.90. The summed E-state index contributed by atoms with van der Waals surface area (Å²) in [7, 11) is -1.99. The molecular formula is C16H19NO3S. The minimum Gasteiger partial charge on any atom is -0.496 e. The molecule has 1 N–H and O–H groups in total. The van der Waals surface area contributed by atoms with Gasteiger partial charge in [0.15, 0.2) is 0 Å². The molecule has 0 bridgehead atoms. The van der Waals surface area contributed by atoms with E-state index < -0.39 is 10.0 Å². The predicted molar refractivity (Wildman–Crippen MR) is 82.9 cm³/mol. The van der Waals surface area contributed by atoms with Crippen LogP contribution in [0.2, 0.25) is 0 Å². The Hall–Kier alpha value is -1.85. The van der Waals surface area contributed by atoms with Crippen LogP contribution >= 0.6 is 0 Å². The predicted octanol–water partition coefficient (Wildman–Crippen LogP) is 3.04. The molecule has 4 nitrogen and oxygen atoms in total. The first-order valence-electron chi connectivity index (χ1n) is 6.66. The number of methoxy groups -OCH3 is 1. The fourth-order valence-electron chi connectivity index (χ4n) is 2.11. The summed E-state index contributed by atoms with van der Waals surface area (Å²) in [6.45, 7) is 3.71. The van der Waals surface area contributed by atoms with Crippen molar-refractivity contribution in [3.05, 3.63) is 59.7 Å². The van der Waals surface area contributed by atoms with Crippen molar-refractivity contribution in [2.45, 2.75) is 24.8 Å². The normalized spacial score (nSPS) is 12.9. The van der Waals surface area contributed by atoms with Gasteiger partial charge in [0, 0.05) is 11.6 Å². The molecule has 0 unspecified atom stereocenters. The maximum atomic E-state index is 12.4. The van der Waals surface area contributed by atoms with Crippen LogP contribution in [0.3, 0.4) is 0 Å². The first-order chi connectivity index (χ1) is 9.94. The number of para-hydroxylation sites is 1. The number of nitrogens with one attached hydrogen (secondary N) is 1. The van der Waals surface area contributed by atoms with Crippen molar-refractivity contribution in [2.24, 2.45) is 0 Å². The molecule has 1 atom stereocenters. The minimum absolute atomic E-state index is 0.259. The number of aryl methyl sites for hydroxylation is 1. The number of rotatable bonds is 5. The summed E-state index contributed by atoms with van der Waals surface area (Å²) in [4.78, 5) is 0.259. The fourth-order valence-corrected chi connectivity index (χ4v) is 3.33. The Bertz CT molecular complexity index is 709. The molecule has 0 spiro atoms. The topological polar surface area (TPSA) is 55.4 Å². The van der Waals surface area contributed by atoms with Crippen molar-refractivity contribution in [1.82, 2.24) is 4.72 Å². The van der Waals surface area contributed by atoms with Gasteiger partial charge >= 0.3 is 0 Å². The van der Waals surface area contributed by atoms with E-state index in [1.54, 1.807) is 38.3 Å². The maximum Gasteiger partial charge on any atom is 0.241 e. The number of sulfonamides is 1. The molecule has 0 aliphatic heterocycles. The summed E-state index contributed by atoms with van der Waals surface area (Å²) >= 11 is 0. The maximum absolute atomic E-state index is 12.4. The second kappa shape index (κ2) is 6.28. The van der Waals surface area contributed by atoms with Gasteiger partial charge in [-0.25, -0.2) is 13.1 Å². The third-order valence-electron chi connectivity index (χ3n) is 3.27. The van der Waals surface area contributed by atoms with Crippen molar-refractivity contribution in [3.8, 4) is 5.75 Å². The van der Waals surface area contributed by atoms with Gasteiger partial charge in [-0.15, -0.1) is 0 Å². The SMILES string of the molecule is COc1ccccc1[C@@H](C)NS(=O)(=O)c1ccc(C)cc1. The Labute approximate surface area is 125 Å². The fraction of sp³-hybridized carbons (Fsp3) is 0.250. The highest BCUT2D eigenvalue weighted by atomic mass is 32.2. The van der Waals surface area contributed by atoms with Crippen LogP contribution in [0, 0.1) is 6.92 Å². The molecule has 21 heavy (non-hydrogen) atoms. The largest absolute Gasteiger partial charge is 0.496 e. The highest BCUT2D eigenvalue weighted by Gasteiger charge is 2.20. The standard InChI is InChI=1S/C16H19NO3S/c1-12-8-10-14(11-9-12)21(18,19)17-13(2)15-6-4-5-7-16(15)20-3/h4-11,13,17H,1-3H3/t13-/m1/s1. The van der Waals surface area contributed by atoms with Gasteiger partial charge in [-0.1, -0.05) is 35.9 Å². The lowest BCUT2D eigenvalue weighted by molar-refractivity contribution is 0.405. The number of ether oxygens (including phenoxy) is 1. The summed E-state index contributed by atoms with van der Waals surface area (Å²) in [6.07, 6.45) is 0. The Balaban J connectivity index is 2.25. The van der Waals surface area contributed by atoms with E-state index in [1.807, 2.05) is 31.2 Å². The minimum atomic E-state index is -3.55. The summed E-state index contributed by atoms with van der Waals surface area (Å²) in [5.41, 5.74) is 1.82. The van der Waals surface area contributed by atoms with E-state index in [0.717, 1.165) is 11.1 Å². The van der Waals surface area contributed by atoms with Crippen molar-refractivity contribution >= 4 is 10.0 Å². The van der Waals surface area contributed by atoms with E-state index in [-0.39, 0.29) is 10.9 Å². The van der Waals surface area contributed by atoms with Gasteiger partial charge in [0.1, 0.15) is 5.75 Å². The van der Waals surface area contributed by atoms with Crippen LogP contribution in [0.4, 0.5) is 0 Å². The van der Waals surface area contributed by atoms with Gasteiger partial charge in [0.2, 0.25) is 10.0 Å². The van der Waals surface area contributed by atoms with Crippen LogP contribution < -0.4 is 9.46 Å². The van der Waals surface area contributed by atoms with E-state index >= 15 is 0 Å². The zero-order valence-electron chi connectivity index (χ0n) is 12.3. The molecule has 0 aliphatic carbocycles. The molecule has 2 rings (SSSR count). The Morgan fingerprint density at radius 2 is 1.67 bits per heavy atom. The van der Waals surface area contributed by atoms with Crippen molar-refractivity contribution in [2.75, 3.05) is 7.11 Å². The van der Waals surface area contributed by atoms with Gasteiger partial charge in [0.25, 0.3) is 0 Å². The van der Waals surface area contributed by atoms with Crippen molar-refractivity contribution in [3.63, 3.8) is 0 Å². The van der Waals surface area contributed by atoms with Gasteiger partial charge in [-0.3, -0.25) is 0 Å². The molecule has 2 aromatic rings. The zero-order valence-corrected chi connectivity index (χ0v) is 13.1. The van der Waals surface area contributed by atoms with E-state index in [1.165, 1.54) is 0 Å². The summed E-state index contributed by atoms with van der Waals surface area (Å²) < 4.78 is 32.7. The average molecular weight is 305 g/mol. The van der Waals surface area contributed by atoms with Crippen LogP contribution in [0.1, 0.15) is 24.1 Å². The monoisotopic (exact) mass is 305 g/mol. The number of benzene rings is 2. The highest BCUT2D eigenvalue weighted by Crippen LogP contribution is 2.25. The van der Waals surface area contributed by atoms with Crippen molar-refractivity contribution < 1.29 is 13.2 Å². The van der Waals surface area contributed by atoms with Crippen LogP contribution in [-0.4, -0.2) is 15.5 Å².